The van der Waals surface area contributed by atoms with Crippen molar-refractivity contribution in [3.8, 4) is 11.5 Å². The van der Waals surface area contributed by atoms with E-state index >= 15 is 0 Å². The second kappa shape index (κ2) is 6.22. The van der Waals surface area contributed by atoms with Crippen LogP contribution in [-0.4, -0.2) is 57.0 Å². The third-order valence-corrected chi connectivity index (χ3v) is 3.80. The van der Waals surface area contributed by atoms with Crippen LogP contribution in [0.2, 0.25) is 0 Å². The number of morpholine rings is 1. The van der Waals surface area contributed by atoms with E-state index in [9.17, 15) is 4.79 Å². The fraction of sp³-hybridized carbons (Fsp3) is 0.533. The third kappa shape index (κ3) is 3.21. The molecular weight excluding hydrogens is 272 g/mol. The number of carbonyl (C=O) groups excluding carboxylic acids is 1. The fourth-order valence-electron chi connectivity index (χ4n) is 2.62. The topological polar surface area (TPSA) is 60.0 Å². The smallest absolute Gasteiger partial charge is 0.317 e. The van der Waals surface area contributed by atoms with E-state index in [0.29, 0.717) is 32.9 Å². The lowest BCUT2D eigenvalue weighted by atomic mass is 10.0. The first-order chi connectivity index (χ1) is 10.3. The summed E-state index contributed by atoms with van der Waals surface area (Å²) in [7, 11) is 1.64. The molecule has 1 atom stereocenters. The van der Waals surface area contributed by atoms with Gasteiger partial charge in [-0.3, -0.25) is 0 Å². The number of hydrogen-bond donors (Lipinski definition) is 1. The van der Waals surface area contributed by atoms with Crippen molar-refractivity contribution in [3.05, 3.63) is 23.8 Å². The molecule has 1 fully saturated rings. The van der Waals surface area contributed by atoms with Crippen molar-refractivity contribution in [2.24, 2.45) is 0 Å². The van der Waals surface area contributed by atoms with Gasteiger partial charge < -0.3 is 24.4 Å². The molecule has 3 rings (SSSR count). The standard InChI is InChI=1S/C15H20N2O4/c1-19-13-2-3-14-11(9-13)8-12(10-21-14)16-15(18)17-4-6-20-7-5-17/h2-3,9,12H,4-8,10H2,1H3,(H,16,18)/t12-/m1/s1. The normalized spacial score (nSPS) is 21.2. The largest absolute Gasteiger partial charge is 0.497 e. The highest BCUT2D eigenvalue weighted by Crippen LogP contribution is 2.28. The first-order valence-electron chi connectivity index (χ1n) is 7.19. The van der Waals surface area contributed by atoms with Gasteiger partial charge in [-0.15, -0.1) is 0 Å². The highest BCUT2D eigenvalue weighted by molar-refractivity contribution is 5.74. The average Bonchev–Trinajstić information content (AvgIpc) is 2.55. The van der Waals surface area contributed by atoms with Gasteiger partial charge in [-0.2, -0.15) is 0 Å². The number of carbonyl (C=O) groups is 1. The SMILES string of the molecule is COc1ccc2c(c1)C[C@@H](NC(=O)N1CCOCC1)CO2. The van der Waals surface area contributed by atoms with Gasteiger partial charge in [0, 0.05) is 13.1 Å². The number of ether oxygens (including phenoxy) is 3. The highest BCUT2D eigenvalue weighted by atomic mass is 16.5. The minimum Gasteiger partial charge on any atom is -0.497 e. The molecule has 0 aromatic heterocycles. The van der Waals surface area contributed by atoms with Crippen LogP contribution in [0.3, 0.4) is 0 Å². The lowest BCUT2D eigenvalue weighted by Crippen LogP contribution is -2.51. The molecule has 114 valence electrons. The Bertz CT molecular complexity index is 514. The van der Waals surface area contributed by atoms with Crippen LogP contribution in [0.4, 0.5) is 4.79 Å². The van der Waals surface area contributed by atoms with Gasteiger partial charge in [0.2, 0.25) is 0 Å². The molecule has 0 unspecified atom stereocenters. The molecule has 2 aliphatic rings. The molecule has 0 aliphatic carbocycles. The van der Waals surface area contributed by atoms with E-state index in [0.717, 1.165) is 23.5 Å². The Hall–Kier alpha value is -1.95. The zero-order valence-corrected chi connectivity index (χ0v) is 12.1. The van der Waals surface area contributed by atoms with Gasteiger partial charge in [0.05, 0.1) is 26.4 Å². The van der Waals surface area contributed by atoms with Gasteiger partial charge >= 0.3 is 6.03 Å². The Balaban J connectivity index is 1.61. The maximum atomic E-state index is 12.2. The van der Waals surface area contributed by atoms with Crippen LogP contribution in [0.5, 0.6) is 11.5 Å². The molecular formula is C15H20N2O4. The summed E-state index contributed by atoms with van der Waals surface area (Å²) in [6.45, 7) is 2.99. The lowest BCUT2D eigenvalue weighted by Gasteiger charge is -2.31. The second-order valence-electron chi connectivity index (χ2n) is 5.23. The van der Waals surface area contributed by atoms with Gasteiger partial charge in [-0.25, -0.2) is 4.79 Å². The van der Waals surface area contributed by atoms with E-state index in [1.807, 2.05) is 18.2 Å². The van der Waals surface area contributed by atoms with Crippen molar-refractivity contribution < 1.29 is 19.0 Å². The number of fused-ring (bicyclic) bond motifs is 1. The van der Waals surface area contributed by atoms with Crippen LogP contribution in [0.1, 0.15) is 5.56 Å². The molecule has 2 aliphatic heterocycles. The van der Waals surface area contributed by atoms with Crippen LogP contribution in [0.15, 0.2) is 18.2 Å². The number of amides is 2. The Labute approximate surface area is 124 Å². The Morgan fingerprint density at radius 1 is 1.38 bits per heavy atom. The summed E-state index contributed by atoms with van der Waals surface area (Å²) in [6.07, 6.45) is 0.753. The minimum atomic E-state index is -0.0433. The monoisotopic (exact) mass is 292 g/mol. The van der Waals surface area contributed by atoms with Crippen molar-refractivity contribution in [1.29, 1.82) is 0 Å². The summed E-state index contributed by atoms with van der Waals surface area (Å²) in [5.74, 6) is 1.67. The van der Waals surface area contributed by atoms with E-state index in [1.165, 1.54) is 0 Å². The predicted octanol–water partition coefficient (Wildman–Crippen LogP) is 1.04. The fourth-order valence-corrected chi connectivity index (χ4v) is 2.62. The molecule has 0 spiro atoms. The molecule has 1 aromatic rings. The lowest BCUT2D eigenvalue weighted by molar-refractivity contribution is 0.0518. The first-order valence-corrected chi connectivity index (χ1v) is 7.19. The molecule has 1 aromatic carbocycles. The average molecular weight is 292 g/mol. The zero-order valence-electron chi connectivity index (χ0n) is 12.1. The molecule has 1 saturated heterocycles. The van der Waals surface area contributed by atoms with Crippen LogP contribution in [0.25, 0.3) is 0 Å². The number of benzene rings is 1. The molecule has 6 heteroatoms. The van der Waals surface area contributed by atoms with Crippen molar-refractivity contribution in [2.75, 3.05) is 40.0 Å². The molecule has 6 nitrogen and oxygen atoms in total. The van der Waals surface area contributed by atoms with Crippen LogP contribution < -0.4 is 14.8 Å². The maximum absolute atomic E-state index is 12.2. The molecule has 2 heterocycles. The van der Waals surface area contributed by atoms with E-state index < -0.39 is 0 Å². The Morgan fingerprint density at radius 3 is 2.95 bits per heavy atom. The van der Waals surface area contributed by atoms with Gasteiger partial charge in [0.15, 0.2) is 0 Å². The summed E-state index contributed by atoms with van der Waals surface area (Å²) < 4.78 is 16.2. The Kier molecular flexibility index (Phi) is 4.15. The number of rotatable bonds is 2. The van der Waals surface area contributed by atoms with Gasteiger partial charge in [0.1, 0.15) is 18.1 Å². The van der Waals surface area contributed by atoms with E-state index in [4.69, 9.17) is 14.2 Å². The summed E-state index contributed by atoms with van der Waals surface area (Å²) in [6, 6.07) is 5.69. The molecule has 1 N–H and O–H groups in total. The van der Waals surface area contributed by atoms with Crippen molar-refractivity contribution >= 4 is 6.03 Å². The maximum Gasteiger partial charge on any atom is 0.317 e. The summed E-state index contributed by atoms with van der Waals surface area (Å²) in [4.78, 5) is 14.0. The molecule has 21 heavy (non-hydrogen) atoms. The molecule has 0 bridgehead atoms. The van der Waals surface area contributed by atoms with Gasteiger partial charge in [-0.1, -0.05) is 0 Å². The minimum absolute atomic E-state index is 0.0139. The van der Waals surface area contributed by atoms with Crippen molar-refractivity contribution in [3.63, 3.8) is 0 Å². The second-order valence-corrected chi connectivity index (χ2v) is 5.23. The quantitative estimate of drug-likeness (QED) is 0.885. The third-order valence-electron chi connectivity index (χ3n) is 3.80. The van der Waals surface area contributed by atoms with Crippen molar-refractivity contribution in [1.82, 2.24) is 10.2 Å². The molecule has 0 radical (unpaired) electrons. The molecule has 0 saturated carbocycles. The first kappa shape index (κ1) is 14.0. The van der Waals surface area contributed by atoms with E-state index in [1.54, 1.807) is 12.0 Å². The Morgan fingerprint density at radius 2 is 2.19 bits per heavy atom. The predicted molar refractivity (Wildman–Crippen MR) is 76.9 cm³/mol. The van der Waals surface area contributed by atoms with Crippen molar-refractivity contribution in [2.45, 2.75) is 12.5 Å². The number of nitrogens with zero attached hydrogens (tertiary/aromatic N) is 1. The van der Waals surface area contributed by atoms with Gasteiger partial charge in [0.25, 0.3) is 0 Å². The highest BCUT2D eigenvalue weighted by Gasteiger charge is 2.24. The number of urea groups is 1. The van der Waals surface area contributed by atoms with Crippen LogP contribution in [-0.2, 0) is 11.2 Å². The molecule has 2 amide bonds. The van der Waals surface area contributed by atoms with E-state index in [-0.39, 0.29) is 12.1 Å². The van der Waals surface area contributed by atoms with Gasteiger partial charge in [-0.05, 0) is 30.2 Å². The zero-order chi connectivity index (χ0) is 14.7. The summed E-state index contributed by atoms with van der Waals surface area (Å²) in [5, 5.41) is 3.03. The van der Waals surface area contributed by atoms with E-state index in [2.05, 4.69) is 5.32 Å². The summed E-state index contributed by atoms with van der Waals surface area (Å²) >= 11 is 0. The van der Waals surface area contributed by atoms with Crippen LogP contribution in [0, 0.1) is 0 Å². The number of hydrogen-bond acceptors (Lipinski definition) is 4. The van der Waals surface area contributed by atoms with Crippen LogP contribution >= 0.6 is 0 Å². The number of nitrogens with one attached hydrogen (secondary N) is 1. The summed E-state index contributed by atoms with van der Waals surface area (Å²) in [5.41, 5.74) is 1.06. The number of methoxy groups -OCH3 is 1.